The molecule has 5 nitrogen and oxygen atoms in total. The van der Waals surface area contributed by atoms with Crippen LogP contribution < -0.4 is 15.4 Å². The van der Waals surface area contributed by atoms with Crippen LogP contribution in [0.2, 0.25) is 0 Å². The third-order valence-electron chi connectivity index (χ3n) is 3.87. The molecule has 1 aliphatic rings. The Morgan fingerprint density at radius 2 is 2.04 bits per heavy atom. The summed E-state index contributed by atoms with van der Waals surface area (Å²) in [6.45, 7) is 0.240. The molecule has 1 unspecified atom stereocenters. The van der Waals surface area contributed by atoms with E-state index in [0.29, 0.717) is 11.3 Å². The van der Waals surface area contributed by atoms with E-state index in [1.807, 2.05) is 0 Å². The molecule has 0 radical (unpaired) electrons. The van der Waals surface area contributed by atoms with Crippen LogP contribution in [0.15, 0.2) is 42.5 Å². The van der Waals surface area contributed by atoms with E-state index in [-0.39, 0.29) is 37.1 Å². The quantitative estimate of drug-likeness (QED) is 0.818. The fourth-order valence-electron chi connectivity index (χ4n) is 2.69. The number of halogens is 2. The normalized spacial score (nSPS) is 15.9. The lowest BCUT2D eigenvalue weighted by atomic mass is 9.90. The zero-order valence-corrected chi connectivity index (χ0v) is 13.2. The molecule has 0 fully saturated rings. The number of hydrogen-bond acceptors (Lipinski definition) is 3. The van der Waals surface area contributed by atoms with Gasteiger partial charge in [0.15, 0.2) is 11.6 Å². The molecule has 1 aliphatic heterocycles. The third kappa shape index (κ3) is 3.93. The van der Waals surface area contributed by atoms with Crippen molar-refractivity contribution in [3.8, 4) is 5.75 Å². The largest absolute Gasteiger partial charge is 0.489 e. The molecule has 7 heteroatoms. The lowest BCUT2D eigenvalue weighted by Gasteiger charge is -2.24. The van der Waals surface area contributed by atoms with E-state index in [1.54, 1.807) is 12.1 Å². The van der Waals surface area contributed by atoms with Gasteiger partial charge in [-0.3, -0.25) is 9.59 Å². The van der Waals surface area contributed by atoms with E-state index in [0.717, 1.165) is 0 Å². The average molecular weight is 346 g/mol. The molecule has 0 bridgehead atoms. The molecular weight excluding hydrogens is 330 g/mol. The summed E-state index contributed by atoms with van der Waals surface area (Å²) < 4.78 is 32.0. The van der Waals surface area contributed by atoms with Crippen molar-refractivity contribution in [2.45, 2.75) is 12.3 Å². The SMILES string of the molecule is O=C1CC(C(=O)NCCOc2ccccc2F)c2ccc(F)cc2N1. The topological polar surface area (TPSA) is 67.4 Å². The Labute approximate surface area is 143 Å². The highest BCUT2D eigenvalue weighted by molar-refractivity contribution is 6.01. The number of anilines is 1. The second-order valence-corrected chi connectivity index (χ2v) is 5.61. The molecule has 0 aromatic heterocycles. The Hall–Kier alpha value is -2.96. The number of hydrogen-bond donors (Lipinski definition) is 2. The second kappa shape index (κ2) is 7.29. The van der Waals surface area contributed by atoms with E-state index in [1.165, 1.54) is 30.3 Å². The van der Waals surface area contributed by atoms with Crippen molar-refractivity contribution in [3.63, 3.8) is 0 Å². The van der Waals surface area contributed by atoms with Gasteiger partial charge in [0.05, 0.1) is 12.5 Å². The Morgan fingerprint density at radius 3 is 2.84 bits per heavy atom. The first-order valence-corrected chi connectivity index (χ1v) is 7.79. The van der Waals surface area contributed by atoms with Crippen molar-refractivity contribution in [1.29, 1.82) is 0 Å². The van der Waals surface area contributed by atoms with Crippen molar-refractivity contribution < 1.29 is 23.1 Å². The summed E-state index contributed by atoms with van der Waals surface area (Å²) in [6.07, 6.45) is -0.0152. The minimum absolute atomic E-state index is 0.0152. The molecule has 2 aromatic carbocycles. The number of carbonyl (C=O) groups excluding carboxylic acids is 2. The van der Waals surface area contributed by atoms with Crippen molar-refractivity contribution in [2.24, 2.45) is 0 Å². The van der Waals surface area contributed by atoms with Crippen LogP contribution in [-0.2, 0) is 9.59 Å². The van der Waals surface area contributed by atoms with Gasteiger partial charge in [-0.05, 0) is 29.8 Å². The zero-order valence-electron chi connectivity index (χ0n) is 13.2. The Bertz CT molecular complexity index is 811. The summed E-state index contributed by atoms with van der Waals surface area (Å²) in [6, 6.07) is 9.90. The van der Waals surface area contributed by atoms with Crippen molar-refractivity contribution >= 4 is 17.5 Å². The van der Waals surface area contributed by atoms with Crippen LogP contribution in [0.4, 0.5) is 14.5 Å². The number of fused-ring (bicyclic) bond motifs is 1. The zero-order chi connectivity index (χ0) is 17.8. The molecule has 1 atom stereocenters. The number of ether oxygens (including phenoxy) is 1. The highest BCUT2D eigenvalue weighted by atomic mass is 19.1. The van der Waals surface area contributed by atoms with E-state index in [4.69, 9.17) is 4.74 Å². The van der Waals surface area contributed by atoms with E-state index in [2.05, 4.69) is 10.6 Å². The highest BCUT2D eigenvalue weighted by Crippen LogP contribution is 2.32. The van der Waals surface area contributed by atoms with Gasteiger partial charge in [0.2, 0.25) is 11.8 Å². The summed E-state index contributed by atoms with van der Waals surface area (Å²) in [7, 11) is 0. The van der Waals surface area contributed by atoms with Crippen molar-refractivity contribution in [1.82, 2.24) is 5.32 Å². The molecule has 3 rings (SSSR count). The van der Waals surface area contributed by atoms with Crippen molar-refractivity contribution in [2.75, 3.05) is 18.5 Å². The molecule has 0 saturated heterocycles. The second-order valence-electron chi connectivity index (χ2n) is 5.61. The Morgan fingerprint density at radius 1 is 1.24 bits per heavy atom. The van der Waals surface area contributed by atoms with Crippen LogP contribution in [0, 0.1) is 11.6 Å². The maximum absolute atomic E-state index is 13.4. The molecule has 2 N–H and O–H groups in total. The minimum Gasteiger partial charge on any atom is -0.489 e. The molecule has 25 heavy (non-hydrogen) atoms. The molecular formula is C18H16F2N2O3. The monoisotopic (exact) mass is 346 g/mol. The summed E-state index contributed by atoms with van der Waals surface area (Å²) in [5.74, 6) is -2.26. The van der Waals surface area contributed by atoms with Gasteiger partial charge in [-0.2, -0.15) is 0 Å². The molecule has 0 aliphatic carbocycles. The fourth-order valence-corrected chi connectivity index (χ4v) is 2.69. The predicted octanol–water partition coefficient (Wildman–Crippen LogP) is 2.59. The van der Waals surface area contributed by atoms with Gasteiger partial charge >= 0.3 is 0 Å². The van der Waals surface area contributed by atoms with Gasteiger partial charge in [0, 0.05) is 12.1 Å². The number of nitrogens with one attached hydrogen (secondary N) is 2. The van der Waals surface area contributed by atoms with Gasteiger partial charge in [-0.1, -0.05) is 18.2 Å². The van der Waals surface area contributed by atoms with Crippen LogP contribution >= 0.6 is 0 Å². The van der Waals surface area contributed by atoms with Gasteiger partial charge in [-0.25, -0.2) is 8.78 Å². The van der Waals surface area contributed by atoms with Crippen LogP contribution in [0.5, 0.6) is 5.75 Å². The number of para-hydroxylation sites is 1. The first kappa shape index (κ1) is 16.9. The maximum Gasteiger partial charge on any atom is 0.228 e. The van der Waals surface area contributed by atoms with Gasteiger partial charge in [-0.15, -0.1) is 0 Å². The smallest absolute Gasteiger partial charge is 0.228 e. The summed E-state index contributed by atoms with van der Waals surface area (Å²) in [5.41, 5.74) is 0.868. The molecule has 2 amide bonds. The standard InChI is InChI=1S/C18H16F2N2O3/c19-11-5-6-12-13(10-17(23)22-15(12)9-11)18(24)21-7-8-25-16-4-2-1-3-14(16)20/h1-6,9,13H,7-8,10H2,(H,21,24)(H,22,23). The molecule has 0 saturated carbocycles. The van der Waals surface area contributed by atoms with E-state index in [9.17, 15) is 18.4 Å². The lowest BCUT2D eigenvalue weighted by molar-refractivity contribution is -0.126. The number of benzene rings is 2. The van der Waals surface area contributed by atoms with Crippen LogP contribution in [0.1, 0.15) is 17.9 Å². The summed E-state index contributed by atoms with van der Waals surface area (Å²) >= 11 is 0. The number of rotatable bonds is 5. The van der Waals surface area contributed by atoms with Gasteiger partial charge < -0.3 is 15.4 Å². The van der Waals surface area contributed by atoms with Crippen LogP contribution in [-0.4, -0.2) is 25.0 Å². The predicted molar refractivity (Wildman–Crippen MR) is 87.3 cm³/mol. The molecule has 0 spiro atoms. The fraction of sp³-hybridized carbons (Fsp3) is 0.222. The van der Waals surface area contributed by atoms with Crippen LogP contribution in [0.25, 0.3) is 0 Å². The highest BCUT2D eigenvalue weighted by Gasteiger charge is 2.30. The first-order chi connectivity index (χ1) is 12.0. The Kier molecular flexibility index (Phi) is 4.92. The summed E-state index contributed by atoms with van der Waals surface area (Å²) in [5, 5.41) is 5.21. The first-order valence-electron chi connectivity index (χ1n) is 7.79. The number of carbonyl (C=O) groups is 2. The van der Waals surface area contributed by atoms with Gasteiger partial charge in [0.25, 0.3) is 0 Å². The maximum atomic E-state index is 13.4. The Balaban J connectivity index is 1.58. The van der Waals surface area contributed by atoms with E-state index >= 15 is 0 Å². The lowest BCUT2D eigenvalue weighted by Crippen LogP contribution is -2.36. The molecule has 2 aromatic rings. The summed E-state index contributed by atoms with van der Waals surface area (Å²) in [4.78, 5) is 24.1. The number of amides is 2. The van der Waals surface area contributed by atoms with Gasteiger partial charge in [0.1, 0.15) is 12.4 Å². The average Bonchev–Trinajstić information content (AvgIpc) is 2.58. The molecule has 1 heterocycles. The van der Waals surface area contributed by atoms with Crippen molar-refractivity contribution in [3.05, 3.63) is 59.7 Å². The third-order valence-corrected chi connectivity index (χ3v) is 3.87. The minimum atomic E-state index is -0.696. The van der Waals surface area contributed by atoms with Crippen LogP contribution in [0.3, 0.4) is 0 Å². The van der Waals surface area contributed by atoms with E-state index < -0.39 is 17.6 Å². The molecule has 130 valence electrons.